The third-order valence-electron chi connectivity index (χ3n) is 3.12. The van der Waals surface area contributed by atoms with Crippen LogP contribution in [0.25, 0.3) is 0 Å². The standard InChI is InChI=1S/C11H14ClN3O2/c12-9-6-13-10(14-7-9)15-3-1-2-11(8-15)16-4-5-17-11/h6-7H,1-5,8H2. The SMILES string of the molecule is Clc1cnc(N2CCCC3(C2)OCCO3)nc1. The number of nitrogens with zero attached hydrogens (tertiary/aromatic N) is 3. The quantitative estimate of drug-likeness (QED) is 0.761. The molecule has 0 atom stereocenters. The first-order valence-corrected chi connectivity index (χ1v) is 6.16. The highest BCUT2D eigenvalue weighted by Gasteiger charge is 2.41. The molecule has 92 valence electrons. The Hall–Kier alpha value is -0.910. The lowest BCUT2D eigenvalue weighted by molar-refractivity contribution is -0.161. The molecule has 0 amide bonds. The molecule has 1 aromatic rings. The first-order valence-electron chi connectivity index (χ1n) is 5.78. The lowest BCUT2D eigenvalue weighted by Gasteiger charge is -2.38. The maximum absolute atomic E-state index is 5.78. The third-order valence-corrected chi connectivity index (χ3v) is 3.32. The van der Waals surface area contributed by atoms with Crippen LogP contribution >= 0.6 is 11.6 Å². The fourth-order valence-electron chi connectivity index (χ4n) is 2.36. The highest BCUT2D eigenvalue weighted by atomic mass is 35.5. The van der Waals surface area contributed by atoms with Gasteiger partial charge in [-0.05, 0) is 6.42 Å². The summed E-state index contributed by atoms with van der Waals surface area (Å²) in [5, 5.41) is 0.550. The number of hydrogen-bond donors (Lipinski definition) is 0. The van der Waals surface area contributed by atoms with E-state index in [0.29, 0.717) is 30.7 Å². The van der Waals surface area contributed by atoms with Crippen molar-refractivity contribution < 1.29 is 9.47 Å². The lowest BCUT2D eigenvalue weighted by Crippen LogP contribution is -2.49. The highest BCUT2D eigenvalue weighted by molar-refractivity contribution is 6.30. The van der Waals surface area contributed by atoms with Crippen LogP contribution in [0.4, 0.5) is 5.95 Å². The molecule has 0 aliphatic carbocycles. The van der Waals surface area contributed by atoms with Crippen LogP contribution in [0.15, 0.2) is 12.4 Å². The van der Waals surface area contributed by atoms with Gasteiger partial charge in [-0.15, -0.1) is 0 Å². The molecule has 1 spiro atoms. The van der Waals surface area contributed by atoms with Crippen LogP contribution in [0.2, 0.25) is 5.02 Å². The highest BCUT2D eigenvalue weighted by Crippen LogP contribution is 2.31. The van der Waals surface area contributed by atoms with E-state index in [1.54, 1.807) is 12.4 Å². The van der Waals surface area contributed by atoms with Crippen molar-refractivity contribution in [2.24, 2.45) is 0 Å². The van der Waals surface area contributed by atoms with E-state index in [4.69, 9.17) is 21.1 Å². The summed E-state index contributed by atoms with van der Waals surface area (Å²) in [6, 6.07) is 0. The number of ether oxygens (including phenoxy) is 2. The molecular weight excluding hydrogens is 242 g/mol. The molecule has 0 N–H and O–H groups in total. The first-order chi connectivity index (χ1) is 8.27. The van der Waals surface area contributed by atoms with Gasteiger partial charge in [0.2, 0.25) is 5.95 Å². The molecule has 2 saturated heterocycles. The third kappa shape index (κ3) is 2.22. The molecule has 2 aliphatic heterocycles. The van der Waals surface area contributed by atoms with Crippen molar-refractivity contribution in [1.29, 1.82) is 0 Å². The van der Waals surface area contributed by atoms with E-state index >= 15 is 0 Å². The Morgan fingerprint density at radius 3 is 2.65 bits per heavy atom. The van der Waals surface area contributed by atoms with Crippen LogP contribution in [0.3, 0.4) is 0 Å². The fraction of sp³-hybridized carbons (Fsp3) is 0.636. The zero-order valence-corrected chi connectivity index (χ0v) is 10.2. The molecule has 1 aromatic heterocycles. The van der Waals surface area contributed by atoms with Gasteiger partial charge in [-0.3, -0.25) is 0 Å². The molecule has 17 heavy (non-hydrogen) atoms. The van der Waals surface area contributed by atoms with Crippen molar-refractivity contribution in [2.75, 3.05) is 31.2 Å². The zero-order chi connectivity index (χ0) is 11.7. The molecular formula is C11H14ClN3O2. The lowest BCUT2D eigenvalue weighted by atomic mass is 10.1. The Morgan fingerprint density at radius 2 is 1.94 bits per heavy atom. The minimum Gasteiger partial charge on any atom is -0.346 e. The van der Waals surface area contributed by atoms with Crippen LogP contribution in [0.1, 0.15) is 12.8 Å². The molecule has 2 aliphatic rings. The summed E-state index contributed by atoms with van der Waals surface area (Å²) in [4.78, 5) is 10.5. The van der Waals surface area contributed by atoms with Crippen LogP contribution in [0, 0.1) is 0 Å². The number of anilines is 1. The first kappa shape index (κ1) is 11.2. The fourth-order valence-corrected chi connectivity index (χ4v) is 2.46. The number of hydrogen-bond acceptors (Lipinski definition) is 5. The summed E-state index contributed by atoms with van der Waals surface area (Å²) in [5.41, 5.74) is 0. The average molecular weight is 256 g/mol. The number of piperidine rings is 1. The van der Waals surface area contributed by atoms with Gasteiger partial charge in [-0.2, -0.15) is 0 Å². The molecule has 3 rings (SSSR count). The van der Waals surface area contributed by atoms with Crippen LogP contribution in [-0.2, 0) is 9.47 Å². The Morgan fingerprint density at radius 1 is 1.24 bits per heavy atom. The van der Waals surface area contributed by atoms with Crippen molar-refractivity contribution in [3.63, 3.8) is 0 Å². The number of aromatic nitrogens is 2. The van der Waals surface area contributed by atoms with E-state index < -0.39 is 5.79 Å². The second kappa shape index (κ2) is 4.40. The molecule has 2 fully saturated rings. The van der Waals surface area contributed by atoms with Gasteiger partial charge in [0.25, 0.3) is 0 Å². The molecule has 0 bridgehead atoms. The van der Waals surface area contributed by atoms with Crippen molar-refractivity contribution >= 4 is 17.5 Å². The van der Waals surface area contributed by atoms with E-state index in [0.717, 1.165) is 19.4 Å². The topological polar surface area (TPSA) is 47.5 Å². The molecule has 3 heterocycles. The summed E-state index contributed by atoms with van der Waals surface area (Å²) in [6.07, 6.45) is 5.19. The van der Waals surface area contributed by atoms with Crippen LogP contribution in [0.5, 0.6) is 0 Å². The van der Waals surface area contributed by atoms with Gasteiger partial charge in [0.1, 0.15) is 0 Å². The van der Waals surface area contributed by atoms with Crippen LogP contribution < -0.4 is 4.90 Å². The van der Waals surface area contributed by atoms with Gasteiger partial charge >= 0.3 is 0 Å². The van der Waals surface area contributed by atoms with Gasteiger partial charge in [0.15, 0.2) is 5.79 Å². The molecule has 6 heteroatoms. The average Bonchev–Trinajstić information content (AvgIpc) is 2.78. The smallest absolute Gasteiger partial charge is 0.225 e. The summed E-state index contributed by atoms with van der Waals surface area (Å²) in [6.45, 7) is 2.97. The molecule has 0 radical (unpaired) electrons. The van der Waals surface area contributed by atoms with Gasteiger partial charge in [-0.1, -0.05) is 11.6 Å². The van der Waals surface area contributed by atoms with E-state index in [2.05, 4.69) is 14.9 Å². The van der Waals surface area contributed by atoms with E-state index in [-0.39, 0.29) is 0 Å². The maximum atomic E-state index is 5.78. The summed E-state index contributed by atoms with van der Waals surface area (Å²) in [7, 11) is 0. The summed E-state index contributed by atoms with van der Waals surface area (Å²) >= 11 is 5.78. The van der Waals surface area contributed by atoms with Gasteiger partial charge in [0.05, 0.1) is 37.2 Å². The Labute approximate surface area is 105 Å². The van der Waals surface area contributed by atoms with Gasteiger partial charge in [0, 0.05) is 13.0 Å². The minimum absolute atomic E-state index is 0.443. The van der Waals surface area contributed by atoms with Gasteiger partial charge in [-0.25, -0.2) is 9.97 Å². The Balaban J connectivity index is 1.77. The van der Waals surface area contributed by atoms with Gasteiger partial charge < -0.3 is 14.4 Å². The van der Waals surface area contributed by atoms with Crippen LogP contribution in [-0.4, -0.2) is 42.1 Å². The minimum atomic E-state index is -0.443. The summed E-state index contributed by atoms with van der Waals surface area (Å²) < 4.78 is 11.4. The number of halogens is 1. The Kier molecular flexibility index (Phi) is 2.90. The largest absolute Gasteiger partial charge is 0.346 e. The summed E-state index contributed by atoms with van der Waals surface area (Å²) in [5.74, 6) is 0.244. The van der Waals surface area contributed by atoms with Crippen molar-refractivity contribution in [1.82, 2.24) is 9.97 Å². The molecule has 0 aromatic carbocycles. The predicted molar refractivity (Wildman–Crippen MR) is 63.1 cm³/mol. The molecule has 0 unspecified atom stereocenters. The second-order valence-corrected chi connectivity index (χ2v) is 4.77. The van der Waals surface area contributed by atoms with Crippen molar-refractivity contribution in [2.45, 2.75) is 18.6 Å². The maximum Gasteiger partial charge on any atom is 0.225 e. The normalized spacial score (nSPS) is 23.2. The predicted octanol–water partition coefficient (Wildman–Crippen LogP) is 1.47. The van der Waals surface area contributed by atoms with Crippen molar-refractivity contribution in [3.05, 3.63) is 17.4 Å². The van der Waals surface area contributed by atoms with E-state index in [1.807, 2.05) is 0 Å². The molecule has 5 nitrogen and oxygen atoms in total. The molecule has 0 saturated carbocycles. The van der Waals surface area contributed by atoms with Crippen molar-refractivity contribution in [3.8, 4) is 0 Å². The van der Waals surface area contributed by atoms with E-state index in [9.17, 15) is 0 Å². The Bertz CT molecular complexity index is 392. The zero-order valence-electron chi connectivity index (χ0n) is 9.43. The monoisotopic (exact) mass is 255 g/mol. The number of rotatable bonds is 1. The second-order valence-electron chi connectivity index (χ2n) is 4.33. The van der Waals surface area contributed by atoms with E-state index in [1.165, 1.54) is 0 Å².